The fourth-order valence-electron chi connectivity index (χ4n) is 2.97. The number of hydrogen-bond donors (Lipinski definition) is 1. The summed E-state index contributed by atoms with van der Waals surface area (Å²) in [5, 5.41) is 14.1. The van der Waals surface area contributed by atoms with E-state index in [9.17, 15) is 14.9 Å². The molecule has 1 unspecified atom stereocenters. The molecule has 2 aromatic rings. The molecule has 0 saturated heterocycles. The third-order valence-corrected chi connectivity index (χ3v) is 4.34. The molecule has 118 valence electrons. The normalized spacial score (nSPS) is 16.0. The molecule has 5 nitrogen and oxygen atoms in total. The number of fused-ring (bicyclic) bond motifs is 1. The van der Waals surface area contributed by atoms with E-state index in [0.717, 1.165) is 18.4 Å². The summed E-state index contributed by atoms with van der Waals surface area (Å²) in [7, 11) is 0. The first-order chi connectivity index (χ1) is 11.0. The Balaban J connectivity index is 1.65. The molecule has 0 bridgehead atoms. The van der Waals surface area contributed by atoms with Crippen molar-refractivity contribution >= 4 is 28.9 Å². The highest BCUT2D eigenvalue weighted by Gasteiger charge is 2.25. The summed E-state index contributed by atoms with van der Waals surface area (Å²) in [6, 6.07) is 11.7. The van der Waals surface area contributed by atoms with Crippen LogP contribution in [0.15, 0.2) is 42.5 Å². The van der Waals surface area contributed by atoms with Gasteiger partial charge in [0, 0.05) is 29.3 Å². The SMILES string of the molecule is O=C(CC1CCc2ccc(Cl)cc21)Nc1ccc([N+](=O)[O-])cc1. The highest BCUT2D eigenvalue weighted by Crippen LogP contribution is 2.37. The Bertz CT molecular complexity index is 759. The van der Waals surface area contributed by atoms with Gasteiger partial charge in [0.25, 0.3) is 5.69 Å². The van der Waals surface area contributed by atoms with Crippen LogP contribution in [0, 0.1) is 10.1 Å². The maximum atomic E-state index is 12.2. The van der Waals surface area contributed by atoms with E-state index < -0.39 is 4.92 Å². The molecule has 1 aliphatic carbocycles. The lowest BCUT2D eigenvalue weighted by Gasteiger charge is -2.12. The van der Waals surface area contributed by atoms with Gasteiger partial charge in [-0.05, 0) is 54.2 Å². The Morgan fingerprint density at radius 1 is 1.26 bits per heavy atom. The van der Waals surface area contributed by atoms with Gasteiger partial charge in [-0.2, -0.15) is 0 Å². The van der Waals surface area contributed by atoms with Crippen LogP contribution < -0.4 is 5.32 Å². The maximum Gasteiger partial charge on any atom is 0.269 e. The molecule has 1 aliphatic rings. The molecule has 0 saturated carbocycles. The van der Waals surface area contributed by atoms with Crippen molar-refractivity contribution in [2.75, 3.05) is 5.32 Å². The summed E-state index contributed by atoms with van der Waals surface area (Å²) in [6.07, 6.45) is 2.27. The fourth-order valence-corrected chi connectivity index (χ4v) is 3.15. The van der Waals surface area contributed by atoms with E-state index in [1.54, 1.807) is 0 Å². The van der Waals surface area contributed by atoms with E-state index in [1.807, 2.05) is 18.2 Å². The van der Waals surface area contributed by atoms with Gasteiger partial charge >= 0.3 is 0 Å². The lowest BCUT2D eigenvalue weighted by molar-refractivity contribution is -0.384. The van der Waals surface area contributed by atoms with E-state index >= 15 is 0 Å². The molecule has 1 atom stereocenters. The van der Waals surface area contributed by atoms with Gasteiger partial charge < -0.3 is 5.32 Å². The minimum atomic E-state index is -0.467. The van der Waals surface area contributed by atoms with Crippen molar-refractivity contribution in [1.29, 1.82) is 0 Å². The van der Waals surface area contributed by atoms with Crippen molar-refractivity contribution in [3.63, 3.8) is 0 Å². The van der Waals surface area contributed by atoms with E-state index in [-0.39, 0.29) is 17.5 Å². The Morgan fingerprint density at radius 3 is 2.70 bits per heavy atom. The minimum absolute atomic E-state index is 0.00219. The smallest absolute Gasteiger partial charge is 0.269 e. The van der Waals surface area contributed by atoms with Gasteiger partial charge in [0.1, 0.15) is 0 Å². The number of aryl methyl sites for hydroxylation is 1. The maximum absolute atomic E-state index is 12.2. The Hall–Kier alpha value is -2.40. The number of nitrogens with one attached hydrogen (secondary N) is 1. The number of hydrogen-bond acceptors (Lipinski definition) is 3. The van der Waals surface area contributed by atoms with Gasteiger partial charge in [-0.25, -0.2) is 0 Å². The number of amides is 1. The van der Waals surface area contributed by atoms with Crippen LogP contribution in [0.1, 0.15) is 29.9 Å². The standard InChI is InChI=1S/C17H15ClN2O3/c18-13-4-3-11-1-2-12(16(11)10-13)9-17(21)19-14-5-7-15(8-6-14)20(22)23/h3-8,10,12H,1-2,9H2,(H,19,21). The third kappa shape index (κ3) is 3.51. The van der Waals surface area contributed by atoms with E-state index in [1.165, 1.54) is 29.8 Å². The van der Waals surface area contributed by atoms with Gasteiger partial charge in [0.05, 0.1) is 4.92 Å². The van der Waals surface area contributed by atoms with Crippen molar-refractivity contribution in [3.05, 3.63) is 68.7 Å². The highest BCUT2D eigenvalue weighted by atomic mass is 35.5. The number of nitro benzene ring substituents is 1. The van der Waals surface area contributed by atoms with E-state index in [4.69, 9.17) is 11.6 Å². The van der Waals surface area contributed by atoms with Crippen molar-refractivity contribution in [2.24, 2.45) is 0 Å². The van der Waals surface area contributed by atoms with Crippen molar-refractivity contribution < 1.29 is 9.72 Å². The number of benzene rings is 2. The molecule has 23 heavy (non-hydrogen) atoms. The number of rotatable bonds is 4. The number of non-ortho nitro benzene ring substituents is 1. The molecule has 0 spiro atoms. The van der Waals surface area contributed by atoms with Crippen LogP contribution in [0.25, 0.3) is 0 Å². The summed E-state index contributed by atoms with van der Waals surface area (Å²) in [5.41, 5.74) is 2.96. The predicted molar refractivity (Wildman–Crippen MR) is 88.9 cm³/mol. The van der Waals surface area contributed by atoms with Crippen LogP contribution in [-0.4, -0.2) is 10.8 Å². The number of nitrogens with zero attached hydrogens (tertiary/aromatic N) is 1. The second kappa shape index (κ2) is 6.38. The predicted octanol–water partition coefficient (Wildman–Crippen LogP) is 4.31. The van der Waals surface area contributed by atoms with Crippen molar-refractivity contribution in [3.8, 4) is 0 Å². The van der Waals surface area contributed by atoms with Gasteiger partial charge in [-0.3, -0.25) is 14.9 Å². The molecule has 0 aromatic heterocycles. The largest absolute Gasteiger partial charge is 0.326 e. The van der Waals surface area contributed by atoms with E-state index in [0.29, 0.717) is 17.1 Å². The summed E-state index contributed by atoms with van der Waals surface area (Å²) < 4.78 is 0. The first kappa shape index (κ1) is 15.5. The molecule has 1 N–H and O–H groups in total. The molecule has 0 fully saturated rings. The van der Waals surface area contributed by atoms with Gasteiger partial charge in [-0.15, -0.1) is 0 Å². The lowest BCUT2D eigenvalue weighted by Crippen LogP contribution is -2.14. The molecular weight excluding hydrogens is 316 g/mol. The number of nitro groups is 1. The average molecular weight is 331 g/mol. The van der Waals surface area contributed by atoms with Crippen LogP contribution >= 0.6 is 11.6 Å². The minimum Gasteiger partial charge on any atom is -0.326 e. The lowest BCUT2D eigenvalue weighted by atomic mass is 9.97. The zero-order valence-corrected chi connectivity index (χ0v) is 13.0. The summed E-state index contributed by atoms with van der Waals surface area (Å²) in [6.45, 7) is 0. The molecule has 6 heteroatoms. The van der Waals surface area contributed by atoms with Gasteiger partial charge in [0.2, 0.25) is 5.91 Å². The second-order valence-electron chi connectivity index (χ2n) is 5.64. The van der Waals surface area contributed by atoms with E-state index in [2.05, 4.69) is 5.32 Å². The second-order valence-corrected chi connectivity index (χ2v) is 6.07. The topological polar surface area (TPSA) is 72.2 Å². The first-order valence-electron chi connectivity index (χ1n) is 7.35. The Kier molecular flexibility index (Phi) is 4.30. The van der Waals surface area contributed by atoms with Crippen LogP contribution in [0.2, 0.25) is 5.02 Å². The van der Waals surface area contributed by atoms with Crippen molar-refractivity contribution in [1.82, 2.24) is 0 Å². The zero-order chi connectivity index (χ0) is 16.4. The van der Waals surface area contributed by atoms with Crippen LogP contribution in [0.4, 0.5) is 11.4 Å². The van der Waals surface area contributed by atoms with Crippen LogP contribution in [0.5, 0.6) is 0 Å². The summed E-state index contributed by atoms with van der Waals surface area (Å²) in [5.74, 6) is 0.0680. The monoisotopic (exact) mass is 330 g/mol. The molecule has 0 aliphatic heterocycles. The van der Waals surface area contributed by atoms with Gasteiger partial charge in [-0.1, -0.05) is 17.7 Å². The number of carbonyl (C=O) groups is 1. The quantitative estimate of drug-likeness (QED) is 0.670. The average Bonchev–Trinajstić information content (AvgIpc) is 2.90. The number of halogens is 1. The number of anilines is 1. The molecule has 0 heterocycles. The summed E-state index contributed by atoms with van der Waals surface area (Å²) >= 11 is 6.04. The first-order valence-corrected chi connectivity index (χ1v) is 7.73. The van der Waals surface area contributed by atoms with Crippen LogP contribution in [-0.2, 0) is 11.2 Å². The molecule has 3 rings (SSSR count). The molecular formula is C17H15ClN2O3. The Morgan fingerprint density at radius 2 is 2.00 bits per heavy atom. The van der Waals surface area contributed by atoms with Crippen LogP contribution in [0.3, 0.4) is 0 Å². The molecule has 1 amide bonds. The number of carbonyl (C=O) groups excluding carboxylic acids is 1. The van der Waals surface area contributed by atoms with Crippen molar-refractivity contribution in [2.45, 2.75) is 25.2 Å². The third-order valence-electron chi connectivity index (χ3n) is 4.10. The molecule has 0 radical (unpaired) electrons. The zero-order valence-electron chi connectivity index (χ0n) is 12.3. The highest BCUT2D eigenvalue weighted by molar-refractivity contribution is 6.30. The Labute approximate surface area is 138 Å². The fraction of sp³-hybridized carbons (Fsp3) is 0.235. The van der Waals surface area contributed by atoms with Gasteiger partial charge in [0.15, 0.2) is 0 Å². The summed E-state index contributed by atoms with van der Waals surface area (Å²) in [4.78, 5) is 22.4. The molecule has 2 aromatic carbocycles.